The molecule has 11 nitrogen and oxygen atoms in total. The van der Waals surface area contributed by atoms with Crippen molar-refractivity contribution in [1.82, 2.24) is 29.3 Å². The van der Waals surface area contributed by atoms with Gasteiger partial charge in [0, 0.05) is 33.2 Å². The fourth-order valence-corrected chi connectivity index (χ4v) is 4.92. The monoisotopic (exact) mass is 417 g/mol. The van der Waals surface area contributed by atoms with E-state index in [1.807, 2.05) is 4.90 Å². The maximum absolute atomic E-state index is 13.1. The van der Waals surface area contributed by atoms with Crippen molar-refractivity contribution in [2.24, 2.45) is 7.05 Å². The van der Waals surface area contributed by atoms with Crippen molar-refractivity contribution in [3.8, 4) is 0 Å². The molecule has 1 aromatic carbocycles. The molecule has 152 valence electrons. The lowest BCUT2D eigenvalue weighted by Gasteiger charge is -2.34. The third-order valence-electron chi connectivity index (χ3n) is 4.82. The van der Waals surface area contributed by atoms with Crippen LogP contribution in [-0.4, -0.2) is 76.9 Å². The van der Waals surface area contributed by atoms with E-state index in [0.29, 0.717) is 30.1 Å². The van der Waals surface area contributed by atoms with Crippen molar-refractivity contribution in [3.05, 3.63) is 36.2 Å². The smallest absolute Gasteiger partial charge is 0.339 e. The lowest BCUT2D eigenvalue weighted by Crippen LogP contribution is -2.49. The van der Waals surface area contributed by atoms with Crippen LogP contribution in [0.3, 0.4) is 0 Å². The number of esters is 1. The molecule has 0 radical (unpaired) electrons. The van der Waals surface area contributed by atoms with Crippen LogP contribution in [0.25, 0.3) is 11.2 Å². The lowest BCUT2D eigenvalue weighted by molar-refractivity contribution is 0.0596. The van der Waals surface area contributed by atoms with E-state index >= 15 is 0 Å². The molecule has 0 unspecified atom stereocenters. The summed E-state index contributed by atoms with van der Waals surface area (Å²) >= 11 is 0. The van der Waals surface area contributed by atoms with Crippen LogP contribution in [0, 0.1) is 0 Å². The highest BCUT2D eigenvalue weighted by molar-refractivity contribution is 7.89. The Morgan fingerprint density at radius 2 is 1.83 bits per heavy atom. The Morgan fingerprint density at radius 3 is 2.55 bits per heavy atom. The first-order valence-electron chi connectivity index (χ1n) is 8.86. The number of aromatic nitrogens is 5. The molecule has 0 amide bonds. The van der Waals surface area contributed by atoms with Gasteiger partial charge in [-0.1, -0.05) is 17.3 Å². The molecule has 3 heterocycles. The number of methoxy groups -OCH3 is 1. The summed E-state index contributed by atoms with van der Waals surface area (Å²) in [6, 6.07) is 6.05. The van der Waals surface area contributed by atoms with Gasteiger partial charge in [0.15, 0.2) is 17.0 Å². The number of aryl methyl sites for hydroxylation is 1. The molecule has 0 bridgehead atoms. The first kappa shape index (κ1) is 19.2. The molecule has 12 heteroatoms. The van der Waals surface area contributed by atoms with Crippen LogP contribution in [0.5, 0.6) is 0 Å². The fourth-order valence-electron chi connectivity index (χ4n) is 3.32. The summed E-state index contributed by atoms with van der Waals surface area (Å²) in [5.41, 5.74) is 1.20. The number of rotatable bonds is 4. The van der Waals surface area contributed by atoms with Crippen molar-refractivity contribution in [1.29, 1.82) is 0 Å². The molecule has 29 heavy (non-hydrogen) atoms. The standard InChI is InChI=1S/C17H19N7O4S/c1-22-15-14(20-21-22)16(19-11-18-15)23-7-9-24(10-8-23)29(26,27)13-6-4-3-5-12(13)17(25)28-2/h3-6,11H,7-10H2,1-2H3. The molecule has 4 rings (SSSR count). The zero-order chi connectivity index (χ0) is 20.6. The lowest BCUT2D eigenvalue weighted by atomic mass is 10.2. The van der Waals surface area contributed by atoms with Gasteiger partial charge in [-0.2, -0.15) is 4.31 Å². The Kier molecular flexibility index (Phi) is 4.88. The van der Waals surface area contributed by atoms with Crippen LogP contribution in [0.15, 0.2) is 35.5 Å². The summed E-state index contributed by atoms with van der Waals surface area (Å²) < 4.78 is 33.9. The summed E-state index contributed by atoms with van der Waals surface area (Å²) in [5.74, 6) is -0.0658. The minimum absolute atomic E-state index is 0.0227. The van der Waals surface area contributed by atoms with Crippen LogP contribution in [0.4, 0.5) is 5.82 Å². The van der Waals surface area contributed by atoms with Crippen molar-refractivity contribution in [3.63, 3.8) is 0 Å². The number of nitrogens with zero attached hydrogens (tertiary/aromatic N) is 7. The fraction of sp³-hybridized carbons (Fsp3) is 0.353. The topological polar surface area (TPSA) is 123 Å². The van der Waals surface area contributed by atoms with Crippen molar-refractivity contribution >= 4 is 33.0 Å². The number of sulfonamides is 1. The molecule has 3 aromatic rings. The molecule has 0 spiro atoms. The third kappa shape index (κ3) is 3.29. The normalized spacial score (nSPS) is 15.6. The minimum atomic E-state index is -3.85. The van der Waals surface area contributed by atoms with Crippen LogP contribution in [-0.2, 0) is 21.8 Å². The largest absolute Gasteiger partial charge is 0.465 e. The van der Waals surface area contributed by atoms with Crippen molar-refractivity contribution in [2.45, 2.75) is 4.90 Å². The van der Waals surface area contributed by atoms with Gasteiger partial charge in [-0.05, 0) is 12.1 Å². The van der Waals surface area contributed by atoms with E-state index in [1.54, 1.807) is 23.9 Å². The number of hydrogen-bond acceptors (Lipinski definition) is 9. The molecule has 1 saturated heterocycles. The molecule has 1 fully saturated rings. The predicted molar refractivity (Wildman–Crippen MR) is 103 cm³/mol. The summed E-state index contributed by atoms with van der Waals surface area (Å²) in [7, 11) is -0.884. The zero-order valence-electron chi connectivity index (χ0n) is 15.9. The Labute approximate surface area is 167 Å². The van der Waals surface area contributed by atoms with Crippen LogP contribution < -0.4 is 4.90 Å². The molecule has 0 N–H and O–H groups in total. The Morgan fingerprint density at radius 1 is 1.10 bits per heavy atom. The predicted octanol–water partition coefficient (Wildman–Crippen LogP) is 0.0558. The van der Waals surface area contributed by atoms with E-state index in [4.69, 9.17) is 4.74 Å². The summed E-state index contributed by atoms with van der Waals surface area (Å²) in [5, 5.41) is 8.08. The van der Waals surface area contributed by atoms with Gasteiger partial charge in [-0.15, -0.1) is 5.10 Å². The summed E-state index contributed by atoms with van der Waals surface area (Å²) in [4.78, 5) is 22.4. The number of carbonyl (C=O) groups is 1. The summed E-state index contributed by atoms with van der Waals surface area (Å²) in [6.45, 7) is 1.32. The molecule has 0 saturated carbocycles. The van der Waals surface area contributed by atoms with Crippen molar-refractivity contribution < 1.29 is 17.9 Å². The molecule has 0 aliphatic carbocycles. The molecule has 1 aliphatic heterocycles. The van der Waals surface area contributed by atoms with Crippen LogP contribution in [0.2, 0.25) is 0 Å². The van der Waals surface area contributed by atoms with Gasteiger partial charge >= 0.3 is 5.97 Å². The second kappa shape index (κ2) is 7.37. The molecule has 2 aromatic heterocycles. The molecular formula is C17H19N7O4S. The maximum atomic E-state index is 13.1. The average Bonchev–Trinajstić information content (AvgIpc) is 3.14. The number of benzene rings is 1. The SMILES string of the molecule is COC(=O)c1ccccc1S(=O)(=O)N1CCN(c2ncnc3c2nnn3C)CC1. The highest BCUT2D eigenvalue weighted by Crippen LogP contribution is 2.25. The quantitative estimate of drug-likeness (QED) is 0.542. The first-order valence-corrected chi connectivity index (χ1v) is 10.3. The Hall–Kier alpha value is -3.12. The number of piperazine rings is 1. The molecule has 1 aliphatic rings. The van der Waals surface area contributed by atoms with E-state index < -0.39 is 16.0 Å². The number of anilines is 1. The number of fused-ring (bicyclic) bond motifs is 1. The van der Waals surface area contributed by atoms with Gasteiger partial charge in [0.25, 0.3) is 0 Å². The average molecular weight is 417 g/mol. The molecule has 0 atom stereocenters. The highest BCUT2D eigenvalue weighted by atomic mass is 32.2. The van der Waals surface area contributed by atoms with E-state index in [1.165, 1.54) is 29.9 Å². The maximum Gasteiger partial charge on any atom is 0.339 e. The molecular weight excluding hydrogens is 398 g/mol. The van der Waals surface area contributed by atoms with Gasteiger partial charge in [0.2, 0.25) is 10.0 Å². The third-order valence-corrected chi connectivity index (χ3v) is 6.77. The van der Waals surface area contributed by atoms with E-state index in [2.05, 4.69) is 20.3 Å². The van der Waals surface area contributed by atoms with Gasteiger partial charge in [-0.25, -0.2) is 27.9 Å². The van der Waals surface area contributed by atoms with Gasteiger partial charge in [0.05, 0.1) is 17.6 Å². The zero-order valence-corrected chi connectivity index (χ0v) is 16.7. The highest BCUT2D eigenvalue weighted by Gasteiger charge is 2.32. The number of hydrogen-bond donors (Lipinski definition) is 0. The van der Waals surface area contributed by atoms with Gasteiger partial charge in [0.1, 0.15) is 6.33 Å². The number of ether oxygens (including phenoxy) is 1. The van der Waals surface area contributed by atoms with Gasteiger partial charge < -0.3 is 9.64 Å². The summed E-state index contributed by atoms with van der Waals surface area (Å²) in [6.07, 6.45) is 1.44. The van der Waals surface area contributed by atoms with E-state index in [-0.39, 0.29) is 23.5 Å². The van der Waals surface area contributed by atoms with E-state index in [9.17, 15) is 13.2 Å². The minimum Gasteiger partial charge on any atom is -0.465 e. The first-order chi connectivity index (χ1) is 13.9. The second-order valence-corrected chi connectivity index (χ2v) is 8.37. The Bertz CT molecular complexity index is 1170. The van der Waals surface area contributed by atoms with Crippen molar-refractivity contribution in [2.75, 3.05) is 38.2 Å². The van der Waals surface area contributed by atoms with Crippen LogP contribution in [0.1, 0.15) is 10.4 Å². The van der Waals surface area contributed by atoms with Gasteiger partial charge in [-0.3, -0.25) is 0 Å². The van der Waals surface area contributed by atoms with Crippen LogP contribution >= 0.6 is 0 Å². The Balaban J connectivity index is 1.58. The van der Waals surface area contributed by atoms with E-state index in [0.717, 1.165) is 0 Å². The second-order valence-electron chi connectivity index (χ2n) is 6.46. The number of carbonyl (C=O) groups excluding carboxylic acids is 1.